The maximum absolute atomic E-state index is 13.9. The summed E-state index contributed by atoms with van der Waals surface area (Å²) in [7, 11) is -2.93. The minimum Gasteiger partial charge on any atom is -0.325 e. The van der Waals surface area contributed by atoms with Gasteiger partial charge in [0.2, 0.25) is 5.91 Å². The topological polar surface area (TPSA) is 137 Å². The van der Waals surface area contributed by atoms with Crippen LogP contribution < -0.4 is 19.2 Å². The Labute approximate surface area is 241 Å². The number of carbonyl (C=O) groups is 2. The van der Waals surface area contributed by atoms with E-state index in [9.17, 15) is 26.8 Å². The number of anilines is 2. The number of pyridine rings is 1. The standard InChI is InChI=1S/C26H23F2N7O4S.H2S/c1-34(21-5-4-18-14-29-15-31-22(18)13-21)25(36)23(11-16-9-19(27)12-20(28)10-16)32-26(37)33-40(38,39)35-8-6-17-3-2-7-30-24(17)35;/h2-5,7,9-10,12-15,23H,6,8,11H2,1H3,(H2,32,33,37);1H2/t23-;/m0./s1. The van der Waals surface area contributed by atoms with Crippen LogP contribution in [0.4, 0.5) is 25.1 Å². The van der Waals surface area contributed by atoms with E-state index in [2.05, 4.69) is 20.3 Å². The summed E-state index contributed by atoms with van der Waals surface area (Å²) in [4.78, 5) is 39.9. The Morgan fingerprint density at radius 2 is 1.85 bits per heavy atom. The molecule has 15 heteroatoms. The van der Waals surface area contributed by atoms with Gasteiger partial charge in [-0.1, -0.05) is 6.07 Å². The molecule has 0 bridgehead atoms. The fourth-order valence-corrected chi connectivity index (χ4v) is 5.60. The van der Waals surface area contributed by atoms with Gasteiger partial charge in [0.15, 0.2) is 0 Å². The van der Waals surface area contributed by atoms with Crippen LogP contribution in [-0.2, 0) is 27.8 Å². The van der Waals surface area contributed by atoms with E-state index in [1.54, 1.807) is 36.5 Å². The lowest BCUT2D eigenvalue weighted by Crippen LogP contribution is -2.54. The molecule has 2 N–H and O–H groups in total. The van der Waals surface area contributed by atoms with Crippen molar-refractivity contribution < 1.29 is 26.8 Å². The van der Waals surface area contributed by atoms with E-state index in [-0.39, 0.29) is 37.8 Å². The first-order valence-corrected chi connectivity index (χ1v) is 13.5. The molecule has 2 aromatic heterocycles. The minimum atomic E-state index is -4.38. The molecule has 1 atom stereocenters. The molecule has 5 rings (SSSR count). The zero-order valence-corrected chi connectivity index (χ0v) is 23.4. The van der Waals surface area contributed by atoms with Crippen molar-refractivity contribution in [2.24, 2.45) is 0 Å². The number of fused-ring (bicyclic) bond motifs is 2. The van der Waals surface area contributed by atoms with Crippen molar-refractivity contribution in [2.75, 3.05) is 22.8 Å². The molecule has 0 radical (unpaired) electrons. The van der Waals surface area contributed by atoms with E-state index in [1.165, 1.54) is 24.5 Å². The summed E-state index contributed by atoms with van der Waals surface area (Å²) in [6.07, 6.45) is 4.49. The second-order valence-corrected chi connectivity index (χ2v) is 10.7. The zero-order chi connectivity index (χ0) is 28.4. The highest BCUT2D eigenvalue weighted by Gasteiger charge is 2.33. The van der Waals surface area contributed by atoms with E-state index in [4.69, 9.17) is 0 Å². The van der Waals surface area contributed by atoms with Crippen molar-refractivity contribution in [1.82, 2.24) is 25.0 Å². The predicted molar refractivity (Wildman–Crippen MR) is 153 cm³/mol. The highest BCUT2D eigenvalue weighted by Crippen LogP contribution is 2.27. The number of nitrogens with one attached hydrogen (secondary N) is 2. The summed E-state index contributed by atoms with van der Waals surface area (Å²) in [5.41, 5.74) is 1.77. The smallest absolute Gasteiger partial charge is 0.325 e. The molecule has 0 aliphatic carbocycles. The summed E-state index contributed by atoms with van der Waals surface area (Å²) in [6, 6.07) is 8.54. The summed E-state index contributed by atoms with van der Waals surface area (Å²) >= 11 is 0. The van der Waals surface area contributed by atoms with E-state index < -0.39 is 39.8 Å². The molecular formula is C26H25F2N7O4S2. The van der Waals surface area contributed by atoms with Crippen LogP contribution in [0.2, 0.25) is 0 Å². The molecule has 1 aliphatic heterocycles. The van der Waals surface area contributed by atoms with Gasteiger partial charge in [-0.2, -0.15) is 21.9 Å². The Kier molecular flexibility index (Phi) is 8.68. The van der Waals surface area contributed by atoms with Gasteiger partial charge in [0, 0.05) is 49.5 Å². The average molecular weight is 602 g/mol. The van der Waals surface area contributed by atoms with Crippen LogP contribution in [0.5, 0.6) is 0 Å². The molecule has 0 spiro atoms. The third-order valence-electron chi connectivity index (χ3n) is 6.37. The number of hydrogen-bond acceptors (Lipinski definition) is 7. The molecule has 214 valence electrons. The van der Waals surface area contributed by atoms with Gasteiger partial charge in [-0.05, 0) is 53.9 Å². The number of hydrogen-bond donors (Lipinski definition) is 2. The minimum absolute atomic E-state index is 0. The Morgan fingerprint density at radius 3 is 2.61 bits per heavy atom. The van der Waals surface area contributed by atoms with Crippen LogP contribution >= 0.6 is 13.5 Å². The fourth-order valence-electron chi connectivity index (χ4n) is 4.47. The van der Waals surface area contributed by atoms with Crippen molar-refractivity contribution in [3.05, 3.63) is 90.0 Å². The van der Waals surface area contributed by atoms with Gasteiger partial charge in [0.25, 0.3) is 0 Å². The second-order valence-electron chi connectivity index (χ2n) is 9.09. The predicted octanol–water partition coefficient (Wildman–Crippen LogP) is 2.60. The number of likely N-dealkylation sites (N-methyl/N-ethyl adjacent to an activating group) is 1. The summed E-state index contributed by atoms with van der Waals surface area (Å²) in [5, 5.41) is 3.09. The number of benzene rings is 2. The summed E-state index contributed by atoms with van der Waals surface area (Å²) in [6.45, 7) is 0.0775. The normalized spacial score (nSPS) is 13.2. The SMILES string of the molecule is CN(C(=O)[C@H](Cc1cc(F)cc(F)c1)NC(=O)NS(=O)(=O)N1CCc2cccnc21)c1ccc2cncnc2c1.S. The Hall–Kier alpha value is -4.37. The van der Waals surface area contributed by atoms with Crippen LogP contribution in [-0.4, -0.2) is 54.9 Å². The maximum atomic E-state index is 13.9. The van der Waals surface area contributed by atoms with Crippen molar-refractivity contribution in [3.8, 4) is 0 Å². The number of halogens is 2. The monoisotopic (exact) mass is 601 g/mol. The van der Waals surface area contributed by atoms with Crippen LogP contribution in [0, 0.1) is 11.6 Å². The Morgan fingerprint density at radius 1 is 1.10 bits per heavy atom. The summed E-state index contributed by atoms with van der Waals surface area (Å²) < 4.78 is 56.6. The second kappa shape index (κ2) is 12.0. The van der Waals surface area contributed by atoms with Gasteiger partial charge in [-0.25, -0.2) is 37.6 Å². The van der Waals surface area contributed by atoms with Crippen LogP contribution in [0.25, 0.3) is 10.9 Å². The molecule has 0 fully saturated rings. The molecule has 1 aliphatic rings. The molecule has 2 aromatic carbocycles. The first-order chi connectivity index (χ1) is 19.1. The fraction of sp³-hybridized carbons (Fsp3) is 0.192. The van der Waals surface area contributed by atoms with Gasteiger partial charge in [-0.3, -0.25) is 4.79 Å². The van der Waals surface area contributed by atoms with Crippen molar-refractivity contribution in [3.63, 3.8) is 0 Å². The lowest BCUT2D eigenvalue weighted by atomic mass is 10.0. The van der Waals surface area contributed by atoms with E-state index in [1.807, 2.05) is 4.72 Å². The molecule has 3 amide bonds. The lowest BCUT2D eigenvalue weighted by molar-refractivity contribution is -0.120. The number of urea groups is 1. The van der Waals surface area contributed by atoms with Crippen LogP contribution in [0.3, 0.4) is 0 Å². The largest absolute Gasteiger partial charge is 0.330 e. The first kappa shape index (κ1) is 29.6. The number of carbonyl (C=O) groups excluding carboxylic acids is 2. The quantitative estimate of drug-likeness (QED) is 0.332. The van der Waals surface area contributed by atoms with Crippen molar-refractivity contribution in [2.45, 2.75) is 18.9 Å². The average Bonchev–Trinajstić information content (AvgIpc) is 3.36. The van der Waals surface area contributed by atoms with Gasteiger partial charge in [-0.15, -0.1) is 0 Å². The van der Waals surface area contributed by atoms with Gasteiger partial charge < -0.3 is 10.2 Å². The number of rotatable bonds is 7. The molecule has 0 unspecified atom stereocenters. The molecular weight excluding hydrogens is 576 g/mol. The number of nitrogens with zero attached hydrogens (tertiary/aromatic N) is 5. The third-order valence-corrected chi connectivity index (χ3v) is 7.75. The third kappa shape index (κ3) is 6.52. The van der Waals surface area contributed by atoms with Crippen molar-refractivity contribution >= 4 is 58.1 Å². The van der Waals surface area contributed by atoms with E-state index in [0.717, 1.165) is 21.8 Å². The zero-order valence-electron chi connectivity index (χ0n) is 21.6. The molecule has 11 nitrogen and oxygen atoms in total. The maximum Gasteiger partial charge on any atom is 0.330 e. The van der Waals surface area contributed by atoms with Crippen LogP contribution in [0.15, 0.2) is 67.3 Å². The van der Waals surface area contributed by atoms with Crippen LogP contribution in [0.1, 0.15) is 11.1 Å². The van der Waals surface area contributed by atoms with Gasteiger partial charge in [0.1, 0.15) is 29.8 Å². The van der Waals surface area contributed by atoms with E-state index in [0.29, 0.717) is 29.3 Å². The molecule has 4 aromatic rings. The van der Waals surface area contributed by atoms with Gasteiger partial charge in [0.05, 0.1) is 5.52 Å². The van der Waals surface area contributed by atoms with E-state index >= 15 is 0 Å². The molecule has 3 heterocycles. The highest BCUT2D eigenvalue weighted by atomic mass is 32.2. The Bertz CT molecular complexity index is 1710. The lowest BCUT2D eigenvalue weighted by Gasteiger charge is -2.26. The van der Waals surface area contributed by atoms with Gasteiger partial charge >= 0.3 is 16.2 Å². The molecule has 41 heavy (non-hydrogen) atoms. The first-order valence-electron chi connectivity index (χ1n) is 12.1. The molecule has 0 saturated heterocycles. The Balaban J connectivity index is 0.00000387. The number of amides is 3. The summed E-state index contributed by atoms with van der Waals surface area (Å²) in [5.74, 6) is -2.20. The number of aromatic nitrogens is 3. The molecule has 0 saturated carbocycles. The highest BCUT2D eigenvalue weighted by molar-refractivity contribution is 7.91. The van der Waals surface area contributed by atoms with Crippen molar-refractivity contribution in [1.29, 1.82) is 0 Å².